The summed E-state index contributed by atoms with van der Waals surface area (Å²) in [5.41, 5.74) is -0.338. The summed E-state index contributed by atoms with van der Waals surface area (Å²) in [5, 5.41) is 2.47. The topological polar surface area (TPSA) is 79.6 Å². The van der Waals surface area contributed by atoms with Crippen LogP contribution in [0.25, 0.3) is 0 Å². The molecule has 0 saturated heterocycles. The van der Waals surface area contributed by atoms with E-state index in [2.05, 4.69) is 5.32 Å². The summed E-state index contributed by atoms with van der Waals surface area (Å²) in [6.45, 7) is 0.0793. The first-order chi connectivity index (χ1) is 10.3. The lowest BCUT2D eigenvalue weighted by molar-refractivity contribution is 0.0943. The van der Waals surface area contributed by atoms with Crippen LogP contribution >= 0.6 is 0 Å². The van der Waals surface area contributed by atoms with Crippen LogP contribution in [0.4, 0.5) is 4.39 Å². The Morgan fingerprint density at radius 2 is 2.05 bits per heavy atom. The number of furan rings is 1. The van der Waals surface area contributed by atoms with Gasteiger partial charge in [0.15, 0.2) is 0 Å². The first-order valence-corrected chi connectivity index (χ1v) is 7.79. The van der Waals surface area contributed by atoms with E-state index in [1.807, 2.05) is 0 Å². The average Bonchev–Trinajstić information content (AvgIpc) is 2.98. The minimum Gasteiger partial charge on any atom is -0.467 e. The second-order valence-electron chi connectivity index (χ2n) is 4.69. The third kappa shape index (κ3) is 3.34. The molecule has 1 aromatic carbocycles. The van der Waals surface area contributed by atoms with Crippen molar-refractivity contribution in [3.63, 3.8) is 0 Å². The van der Waals surface area contributed by atoms with Crippen molar-refractivity contribution in [1.29, 1.82) is 0 Å². The third-order valence-electron chi connectivity index (χ3n) is 2.96. The quantitative estimate of drug-likeness (QED) is 0.905. The Morgan fingerprint density at radius 1 is 1.32 bits per heavy atom. The Hall–Kier alpha value is -2.19. The first kappa shape index (κ1) is 16.2. The molecule has 0 aliphatic rings. The molecular formula is C14H15FN2O4S. The van der Waals surface area contributed by atoms with Crippen LogP contribution in [-0.2, 0) is 16.6 Å². The summed E-state index contributed by atoms with van der Waals surface area (Å²) >= 11 is 0. The lowest BCUT2D eigenvalue weighted by Crippen LogP contribution is -2.25. The predicted octanol–water partition coefficient (Wildman–Crippen LogP) is 1.60. The molecule has 22 heavy (non-hydrogen) atoms. The highest BCUT2D eigenvalue weighted by Gasteiger charge is 2.21. The fourth-order valence-corrected chi connectivity index (χ4v) is 2.65. The number of carbonyl (C=O) groups is 1. The summed E-state index contributed by atoms with van der Waals surface area (Å²) in [6, 6.07) is 6.41. The highest BCUT2D eigenvalue weighted by Crippen LogP contribution is 2.17. The van der Waals surface area contributed by atoms with E-state index >= 15 is 0 Å². The van der Waals surface area contributed by atoms with Gasteiger partial charge < -0.3 is 9.73 Å². The van der Waals surface area contributed by atoms with Gasteiger partial charge >= 0.3 is 0 Å². The third-order valence-corrected chi connectivity index (χ3v) is 4.78. The van der Waals surface area contributed by atoms with Crippen LogP contribution < -0.4 is 5.32 Å². The zero-order chi connectivity index (χ0) is 16.3. The standard InChI is InChI=1S/C14H15FN2O4S/c1-17(2)22(19,20)11-5-6-13(15)12(8-11)14(18)16-9-10-4-3-7-21-10/h3-8H,9H2,1-2H3,(H,16,18). The summed E-state index contributed by atoms with van der Waals surface area (Å²) in [7, 11) is -1.03. The second kappa shape index (κ2) is 6.29. The van der Waals surface area contributed by atoms with Crippen molar-refractivity contribution in [2.24, 2.45) is 0 Å². The van der Waals surface area contributed by atoms with Crippen molar-refractivity contribution in [2.45, 2.75) is 11.4 Å². The van der Waals surface area contributed by atoms with E-state index in [0.717, 1.165) is 22.5 Å². The maximum absolute atomic E-state index is 13.8. The second-order valence-corrected chi connectivity index (χ2v) is 6.84. The molecule has 8 heteroatoms. The van der Waals surface area contributed by atoms with E-state index in [9.17, 15) is 17.6 Å². The fraction of sp³-hybridized carbons (Fsp3) is 0.214. The summed E-state index contributed by atoms with van der Waals surface area (Å²) in [6.07, 6.45) is 1.45. The first-order valence-electron chi connectivity index (χ1n) is 6.35. The monoisotopic (exact) mass is 326 g/mol. The predicted molar refractivity (Wildman–Crippen MR) is 77.2 cm³/mol. The molecule has 0 bridgehead atoms. The SMILES string of the molecule is CN(C)S(=O)(=O)c1ccc(F)c(C(=O)NCc2ccco2)c1. The maximum atomic E-state index is 13.8. The molecule has 0 unspecified atom stereocenters. The van der Waals surface area contributed by atoms with Gasteiger partial charge in [-0.25, -0.2) is 17.1 Å². The van der Waals surface area contributed by atoms with Crippen molar-refractivity contribution in [3.8, 4) is 0 Å². The number of halogens is 1. The number of sulfonamides is 1. The van der Waals surface area contributed by atoms with Gasteiger partial charge in [-0.05, 0) is 30.3 Å². The van der Waals surface area contributed by atoms with Crippen LogP contribution in [-0.4, -0.2) is 32.7 Å². The van der Waals surface area contributed by atoms with Gasteiger partial charge in [-0.2, -0.15) is 0 Å². The normalized spacial score (nSPS) is 11.6. The molecule has 0 saturated carbocycles. The molecule has 0 aliphatic heterocycles. The van der Waals surface area contributed by atoms with E-state index in [1.165, 1.54) is 20.4 Å². The average molecular weight is 326 g/mol. The van der Waals surface area contributed by atoms with Crippen molar-refractivity contribution >= 4 is 15.9 Å². The number of nitrogens with zero attached hydrogens (tertiary/aromatic N) is 1. The smallest absolute Gasteiger partial charge is 0.254 e. The largest absolute Gasteiger partial charge is 0.467 e. The Morgan fingerprint density at radius 3 is 2.64 bits per heavy atom. The van der Waals surface area contributed by atoms with Crippen molar-refractivity contribution in [3.05, 3.63) is 53.7 Å². The molecule has 2 rings (SSSR count). The number of hydrogen-bond donors (Lipinski definition) is 1. The molecular weight excluding hydrogens is 311 g/mol. The highest BCUT2D eigenvalue weighted by molar-refractivity contribution is 7.89. The zero-order valence-corrected chi connectivity index (χ0v) is 12.9. The van der Waals surface area contributed by atoms with Crippen molar-refractivity contribution < 1.29 is 22.0 Å². The fourth-order valence-electron chi connectivity index (χ4n) is 1.73. The van der Waals surface area contributed by atoms with Gasteiger partial charge in [0, 0.05) is 14.1 Å². The van der Waals surface area contributed by atoms with Crippen molar-refractivity contribution in [1.82, 2.24) is 9.62 Å². The molecule has 1 aromatic heterocycles. The highest BCUT2D eigenvalue weighted by atomic mass is 32.2. The van der Waals surface area contributed by atoms with Gasteiger partial charge in [0.25, 0.3) is 5.91 Å². The number of hydrogen-bond acceptors (Lipinski definition) is 4. The zero-order valence-electron chi connectivity index (χ0n) is 12.0. The van der Waals surface area contributed by atoms with E-state index in [-0.39, 0.29) is 17.0 Å². The molecule has 1 amide bonds. The van der Waals surface area contributed by atoms with Gasteiger partial charge in [-0.15, -0.1) is 0 Å². The summed E-state index contributed by atoms with van der Waals surface area (Å²) in [5.74, 6) is -1.01. The molecule has 0 atom stereocenters. The molecule has 0 spiro atoms. The molecule has 2 aromatic rings. The minimum absolute atomic E-state index is 0.0793. The number of rotatable bonds is 5. The number of amides is 1. The van der Waals surface area contributed by atoms with E-state index < -0.39 is 21.7 Å². The van der Waals surface area contributed by atoms with Crippen LogP contribution in [0.5, 0.6) is 0 Å². The maximum Gasteiger partial charge on any atom is 0.254 e. The number of nitrogens with one attached hydrogen (secondary N) is 1. The Kier molecular flexibility index (Phi) is 4.62. The number of carbonyl (C=O) groups excluding carboxylic acids is 1. The molecule has 6 nitrogen and oxygen atoms in total. The molecule has 0 aliphatic carbocycles. The number of benzene rings is 1. The molecule has 1 heterocycles. The summed E-state index contributed by atoms with van der Waals surface area (Å²) in [4.78, 5) is 11.9. The molecule has 1 N–H and O–H groups in total. The van der Waals surface area contributed by atoms with E-state index in [1.54, 1.807) is 12.1 Å². The summed E-state index contributed by atoms with van der Waals surface area (Å²) < 4.78 is 43.9. The molecule has 118 valence electrons. The van der Waals surface area contributed by atoms with E-state index in [4.69, 9.17) is 4.42 Å². The lowest BCUT2D eigenvalue weighted by atomic mass is 10.2. The Labute approximate surface area is 127 Å². The minimum atomic E-state index is -3.74. The van der Waals surface area contributed by atoms with Gasteiger partial charge in [0.05, 0.1) is 23.3 Å². The van der Waals surface area contributed by atoms with Crippen molar-refractivity contribution in [2.75, 3.05) is 14.1 Å². The molecule has 0 fully saturated rings. The van der Waals surface area contributed by atoms with Gasteiger partial charge in [0.2, 0.25) is 10.0 Å². The van der Waals surface area contributed by atoms with Gasteiger partial charge in [-0.3, -0.25) is 4.79 Å². The van der Waals surface area contributed by atoms with Crippen LogP contribution in [0.3, 0.4) is 0 Å². The van der Waals surface area contributed by atoms with Crippen LogP contribution in [0.15, 0.2) is 45.9 Å². The Balaban J connectivity index is 2.25. The van der Waals surface area contributed by atoms with Crippen LogP contribution in [0.2, 0.25) is 0 Å². The lowest BCUT2D eigenvalue weighted by Gasteiger charge is -2.12. The van der Waals surface area contributed by atoms with Gasteiger partial charge in [0.1, 0.15) is 11.6 Å². The Bertz CT molecular complexity index is 770. The van der Waals surface area contributed by atoms with Crippen LogP contribution in [0.1, 0.15) is 16.1 Å². The van der Waals surface area contributed by atoms with Gasteiger partial charge in [-0.1, -0.05) is 0 Å². The van der Waals surface area contributed by atoms with Crippen LogP contribution in [0, 0.1) is 5.82 Å². The molecule has 0 radical (unpaired) electrons. The van der Waals surface area contributed by atoms with E-state index in [0.29, 0.717) is 5.76 Å².